The molecule has 1 N–H and O–H groups in total. The first-order valence-electron chi connectivity index (χ1n) is 13.9. The van der Waals surface area contributed by atoms with Gasteiger partial charge in [-0.15, -0.1) is 0 Å². The number of halogens is 2. The van der Waals surface area contributed by atoms with Crippen LogP contribution >= 0.6 is 11.6 Å². The highest BCUT2D eigenvalue weighted by Gasteiger charge is 2.27. The average molecular weight is 617 g/mol. The van der Waals surface area contributed by atoms with Gasteiger partial charge in [-0.25, -0.2) is 12.8 Å². The van der Waals surface area contributed by atoms with Gasteiger partial charge in [-0.05, 0) is 84.4 Å². The maximum absolute atomic E-state index is 13.5. The summed E-state index contributed by atoms with van der Waals surface area (Å²) in [5.41, 5.74) is 4.96. The van der Waals surface area contributed by atoms with Crippen molar-refractivity contribution in [2.75, 3.05) is 38.5 Å². The van der Waals surface area contributed by atoms with Gasteiger partial charge in [-0.1, -0.05) is 41.9 Å². The molecule has 220 valence electrons. The summed E-state index contributed by atoms with van der Waals surface area (Å²) in [6, 6.07) is 26.5. The van der Waals surface area contributed by atoms with Crippen molar-refractivity contribution in [2.45, 2.75) is 11.5 Å². The van der Waals surface area contributed by atoms with Gasteiger partial charge < -0.3 is 15.0 Å². The molecule has 0 amide bonds. The molecule has 0 radical (unpaired) electrons. The van der Waals surface area contributed by atoms with Gasteiger partial charge in [0, 0.05) is 49.1 Å². The molecule has 1 aromatic heterocycles. The van der Waals surface area contributed by atoms with Crippen molar-refractivity contribution in [1.82, 2.24) is 14.2 Å². The minimum atomic E-state index is -3.53. The zero-order valence-corrected chi connectivity index (χ0v) is 25.1. The van der Waals surface area contributed by atoms with E-state index in [-0.39, 0.29) is 12.4 Å². The minimum Gasteiger partial charge on any atom is -0.487 e. The number of rotatable bonds is 8. The monoisotopic (exact) mass is 616 g/mol. The standard InChI is InChI=1S/C33H30ClFN4O3S/c1-38-15-17-39(18-16-38)43(40,41)28-9-5-24(6-10-28)25-7-11-31-29(20-25)32(13-14-36-31)37-27-8-12-33(30(34)21-27)42-22-23-3-2-4-26(35)19-23/h2-14,19-21H,15-18,22H2,1H3,(H,36,37). The Labute approximate surface area is 255 Å². The fraction of sp³-hybridized carbons (Fsp3) is 0.182. The molecule has 0 bridgehead atoms. The van der Waals surface area contributed by atoms with E-state index in [1.54, 1.807) is 46.9 Å². The molecular weight excluding hydrogens is 587 g/mol. The third-order valence-electron chi connectivity index (χ3n) is 7.52. The Balaban J connectivity index is 1.20. The van der Waals surface area contributed by atoms with E-state index in [1.807, 2.05) is 49.5 Å². The highest BCUT2D eigenvalue weighted by Crippen LogP contribution is 2.33. The molecule has 0 unspecified atom stereocenters. The molecular formula is C33H30ClFN4O3S. The number of fused-ring (bicyclic) bond motifs is 1. The van der Waals surface area contributed by atoms with Crippen molar-refractivity contribution in [3.05, 3.63) is 114 Å². The summed E-state index contributed by atoms with van der Waals surface area (Å²) < 4.78 is 47.1. The number of nitrogens with one attached hydrogen (secondary N) is 1. The van der Waals surface area contributed by atoms with Crippen LogP contribution in [0.3, 0.4) is 0 Å². The second-order valence-corrected chi connectivity index (χ2v) is 12.9. The highest BCUT2D eigenvalue weighted by molar-refractivity contribution is 7.89. The van der Waals surface area contributed by atoms with Crippen LogP contribution in [0.5, 0.6) is 5.75 Å². The second-order valence-electron chi connectivity index (χ2n) is 10.5. The van der Waals surface area contributed by atoms with Gasteiger partial charge in [0.15, 0.2) is 0 Å². The van der Waals surface area contributed by atoms with E-state index < -0.39 is 10.0 Å². The average Bonchev–Trinajstić information content (AvgIpc) is 3.01. The van der Waals surface area contributed by atoms with Crippen LogP contribution in [0.15, 0.2) is 102 Å². The number of benzene rings is 4. The van der Waals surface area contributed by atoms with E-state index in [1.165, 1.54) is 12.1 Å². The summed E-state index contributed by atoms with van der Waals surface area (Å²) >= 11 is 6.52. The molecule has 0 atom stereocenters. The quantitative estimate of drug-likeness (QED) is 0.203. The zero-order valence-electron chi connectivity index (χ0n) is 23.5. The molecule has 2 heterocycles. The molecule has 1 aliphatic heterocycles. The molecule has 10 heteroatoms. The topological polar surface area (TPSA) is 74.8 Å². The Morgan fingerprint density at radius 2 is 1.67 bits per heavy atom. The normalized spacial score (nSPS) is 14.6. The van der Waals surface area contributed by atoms with E-state index in [2.05, 4.69) is 15.2 Å². The lowest BCUT2D eigenvalue weighted by atomic mass is 10.0. The van der Waals surface area contributed by atoms with Crippen molar-refractivity contribution in [1.29, 1.82) is 0 Å². The Morgan fingerprint density at radius 1 is 0.907 bits per heavy atom. The molecule has 1 fully saturated rings. The van der Waals surface area contributed by atoms with Gasteiger partial charge in [0.25, 0.3) is 0 Å². The van der Waals surface area contributed by atoms with Crippen LogP contribution in [-0.2, 0) is 16.6 Å². The van der Waals surface area contributed by atoms with E-state index in [9.17, 15) is 12.8 Å². The van der Waals surface area contributed by atoms with Crippen LogP contribution in [0.25, 0.3) is 22.0 Å². The Morgan fingerprint density at radius 3 is 2.42 bits per heavy atom. The summed E-state index contributed by atoms with van der Waals surface area (Å²) in [4.78, 5) is 6.94. The fourth-order valence-electron chi connectivity index (χ4n) is 5.07. The number of likely N-dealkylation sites (N-methyl/N-ethyl adjacent to an activating group) is 1. The molecule has 1 aliphatic rings. The van der Waals surface area contributed by atoms with Gasteiger partial charge >= 0.3 is 0 Å². The molecule has 6 rings (SSSR count). The van der Waals surface area contributed by atoms with Gasteiger partial charge in [-0.2, -0.15) is 4.31 Å². The van der Waals surface area contributed by atoms with Crippen molar-refractivity contribution in [3.8, 4) is 16.9 Å². The van der Waals surface area contributed by atoms with Crippen LogP contribution in [0.2, 0.25) is 5.02 Å². The Kier molecular flexibility index (Phi) is 8.32. The van der Waals surface area contributed by atoms with Crippen molar-refractivity contribution >= 4 is 43.9 Å². The van der Waals surface area contributed by atoms with Gasteiger partial charge in [-0.3, -0.25) is 4.98 Å². The summed E-state index contributed by atoms with van der Waals surface area (Å²) in [7, 11) is -1.54. The SMILES string of the molecule is CN1CCN(S(=O)(=O)c2ccc(-c3ccc4nccc(Nc5ccc(OCc6cccc(F)c6)c(Cl)c5)c4c3)cc2)CC1. The third kappa shape index (κ3) is 6.50. The van der Waals surface area contributed by atoms with Crippen LogP contribution in [0.4, 0.5) is 15.8 Å². The number of hydrogen-bond acceptors (Lipinski definition) is 6. The Bertz CT molecular complexity index is 1880. The molecule has 5 aromatic rings. The zero-order chi connectivity index (χ0) is 30.0. The van der Waals surface area contributed by atoms with Crippen LogP contribution in [0, 0.1) is 5.82 Å². The summed E-state index contributed by atoms with van der Waals surface area (Å²) in [5, 5.41) is 4.75. The largest absolute Gasteiger partial charge is 0.487 e. The maximum atomic E-state index is 13.5. The van der Waals surface area contributed by atoms with E-state index >= 15 is 0 Å². The number of pyridine rings is 1. The number of aromatic nitrogens is 1. The molecule has 0 aliphatic carbocycles. The number of piperazine rings is 1. The minimum absolute atomic E-state index is 0.199. The number of anilines is 2. The van der Waals surface area contributed by atoms with Gasteiger partial charge in [0.2, 0.25) is 10.0 Å². The molecule has 43 heavy (non-hydrogen) atoms. The fourth-order valence-corrected chi connectivity index (χ4v) is 6.73. The molecule has 4 aromatic carbocycles. The van der Waals surface area contributed by atoms with E-state index in [4.69, 9.17) is 16.3 Å². The smallest absolute Gasteiger partial charge is 0.243 e. The number of sulfonamides is 1. The van der Waals surface area contributed by atoms with Crippen molar-refractivity contribution < 1.29 is 17.5 Å². The maximum Gasteiger partial charge on any atom is 0.243 e. The van der Waals surface area contributed by atoms with Gasteiger partial charge in [0.1, 0.15) is 18.2 Å². The lowest BCUT2D eigenvalue weighted by molar-refractivity contribution is 0.222. The van der Waals surface area contributed by atoms with Crippen molar-refractivity contribution in [2.24, 2.45) is 0 Å². The van der Waals surface area contributed by atoms with Crippen LogP contribution < -0.4 is 10.1 Å². The van der Waals surface area contributed by atoms with Gasteiger partial charge in [0.05, 0.1) is 15.4 Å². The van der Waals surface area contributed by atoms with Crippen LogP contribution in [0.1, 0.15) is 5.56 Å². The number of nitrogens with zero attached hydrogens (tertiary/aromatic N) is 3. The molecule has 1 saturated heterocycles. The molecule has 7 nitrogen and oxygen atoms in total. The lowest BCUT2D eigenvalue weighted by Gasteiger charge is -2.31. The van der Waals surface area contributed by atoms with E-state index in [0.29, 0.717) is 34.3 Å². The second kappa shape index (κ2) is 12.3. The van der Waals surface area contributed by atoms with Crippen molar-refractivity contribution in [3.63, 3.8) is 0 Å². The predicted molar refractivity (Wildman–Crippen MR) is 169 cm³/mol. The number of hydrogen-bond donors (Lipinski definition) is 1. The lowest BCUT2D eigenvalue weighted by Crippen LogP contribution is -2.46. The summed E-state index contributed by atoms with van der Waals surface area (Å²) in [6.07, 6.45) is 1.74. The first-order valence-corrected chi connectivity index (χ1v) is 15.7. The first kappa shape index (κ1) is 29.1. The Hall–Kier alpha value is -4.02. The summed E-state index contributed by atoms with van der Waals surface area (Å²) in [6.45, 7) is 2.62. The summed E-state index contributed by atoms with van der Waals surface area (Å²) in [5.74, 6) is 0.182. The predicted octanol–water partition coefficient (Wildman–Crippen LogP) is 6.95. The first-order chi connectivity index (χ1) is 20.8. The van der Waals surface area contributed by atoms with E-state index in [0.717, 1.165) is 46.5 Å². The molecule has 0 saturated carbocycles. The highest BCUT2D eigenvalue weighted by atomic mass is 35.5. The van der Waals surface area contributed by atoms with Crippen LogP contribution in [-0.4, -0.2) is 55.8 Å². The molecule has 0 spiro atoms. The number of ether oxygens (including phenoxy) is 1. The third-order valence-corrected chi connectivity index (χ3v) is 9.73.